The van der Waals surface area contributed by atoms with Crippen LogP contribution in [0.5, 0.6) is 0 Å². The number of nitrogens with zero attached hydrogens (tertiary/aromatic N) is 3. The van der Waals surface area contributed by atoms with Gasteiger partial charge in [0.15, 0.2) is 0 Å². The van der Waals surface area contributed by atoms with Gasteiger partial charge in [-0.2, -0.15) is 0 Å². The third-order valence-electron chi connectivity index (χ3n) is 4.79. The molecule has 0 saturated carbocycles. The molecule has 2 atom stereocenters. The Morgan fingerprint density at radius 3 is 2.46 bits per heavy atom. The molecule has 1 fully saturated rings. The molecule has 1 aliphatic heterocycles. The molecule has 1 aliphatic rings. The molecular weight excluding hydrogens is 352 g/mol. The van der Waals surface area contributed by atoms with Crippen LogP contribution in [0.4, 0.5) is 0 Å². The van der Waals surface area contributed by atoms with E-state index in [2.05, 4.69) is 23.6 Å². The number of imidazole rings is 1. The summed E-state index contributed by atoms with van der Waals surface area (Å²) in [5.74, 6) is 0.292. The van der Waals surface area contributed by atoms with E-state index >= 15 is 0 Å². The SMILES string of the molecule is CC(C)[C@@H]1CN(C(=O)c2ccc(-n3ccnc3)cc2)C[C@H]1NS(C)(=O)=O. The zero-order valence-corrected chi connectivity index (χ0v) is 16.0. The van der Waals surface area contributed by atoms with Gasteiger partial charge in [-0.1, -0.05) is 13.8 Å². The molecule has 7 nitrogen and oxygen atoms in total. The summed E-state index contributed by atoms with van der Waals surface area (Å²) in [5.41, 5.74) is 1.52. The molecule has 1 aromatic carbocycles. The van der Waals surface area contributed by atoms with Crippen LogP contribution in [-0.2, 0) is 10.0 Å². The highest BCUT2D eigenvalue weighted by Crippen LogP contribution is 2.26. The largest absolute Gasteiger partial charge is 0.337 e. The first-order chi connectivity index (χ1) is 12.2. The van der Waals surface area contributed by atoms with E-state index < -0.39 is 10.0 Å². The maximum absolute atomic E-state index is 12.9. The lowest BCUT2D eigenvalue weighted by Crippen LogP contribution is -2.41. The fourth-order valence-corrected chi connectivity index (χ4v) is 4.24. The molecule has 0 unspecified atom stereocenters. The number of likely N-dealkylation sites (tertiary alicyclic amines) is 1. The molecule has 3 rings (SSSR count). The lowest BCUT2D eigenvalue weighted by molar-refractivity contribution is 0.0783. The lowest BCUT2D eigenvalue weighted by atomic mass is 9.92. The summed E-state index contributed by atoms with van der Waals surface area (Å²) >= 11 is 0. The van der Waals surface area contributed by atoms with Crippen molar-refractivity contribution in [2.45, 2.75) is 19.9 Å². The summed E-state index contributed by atoms with van der Waals surface area (Å²) in [7, 11) is -3.32. The van der Waals surface area contributed by atoms with Gasteiger partial charge in [0.1, 0.15) is 0 Å². The van der Waals surface area contributed by atoms with Crippen molar-refractivity contribution in [3.63, 3.8) is 0 Å². The van der Waals surface area contributed by atoms with Crippen molar-refractivity contribution in [2.75, 3.05) is 19.3 Å². The van der Waals surface area contributed by atoms with Gasteiger partial charge < -0.3 is 9.47 Å². The van der Waals surface area contributed by atoms with Gasteiger partial charge >= 0.3 is 0 Å². The van der Waals surface area contributed by atoms with Crippen LogP contribution in [0.15, 0.2) is 43.0 Å². The third-order valence-corrected chi connectivity index (χ3v) is 5.52. The Labute approximate surface area is 154 Å². The van der Waals surface area contributed by atoms with E-state index in [-0.39, 0.29) is 23.8 Å². The van der Waals surface area contributed by atoms with Crippen LogP contribution in [0, 0.1) is 11.8 Å². The number of carbonyl (C=O) groups excluding carboxylic acids is 1. The molecule has 2 heterocycles. The number of rotatable bonds is 5. The fourth-order valence-electron chi connectivity index (χ4n) is 3.44. The number of sulfonamides is 1. The number of nitrogens with one attached hydrogen (secondary N) is 1. The van der Waals surface area contributed by atoms with E-state index in [1.165, 1.54) is 0 Å². The topological polar surface area (TPSA) is 84.3 Å². The quantitative estimate of drug-likeness (QED) is 0.857. The summed E-state index contributed by atoms with van der Waals surface area (Å²) in [6.07, 6.45) is 6.39. The molecule has 0 spiro atoms. The van der Waals surface area contributed by atoms with Crippen LogP contribution in [-0.4, -0.2) is 54.2 Å². The van der Waals surface area contributed by atoms with Crippen molar-refractivity contribution in [1.82, 2.24) is 19.2 Å². The molecule has 1 N–H and O–H groups in total. The van der Waals surface area contributed by atoms with E-state index in [0.717, 1.165) is 11.9 Å². The highest BCUT2D eigenvalue weighted by Gasteiger charge is 2.38. The predicted molar refractivity (Wildman–Crippen MR) is 99.6 cm³/mol. The van der Waals surface area contributed by atoms with Crippen LogP contribution >= 0.6 is 0 Å². The van der Waals surface area contributed by atoms with E-state index in [4.69, 9.17) is 0 Å². The summed E-state index contributed by atoms with van der Waals surface area (Å²) < 4.78 is 27.8. The average molecular weight is 376 g/mol. The maximum Gasteiger partial charge on any atom is 0.253 e. The van der Waals surface area contributed by atoms with Crippen molar-refractivity contribution in [3.8, 4) is 5.69 Å². The lowest BCUT2D eigenvalue weighted by Gasteiger charge is -2.21. The van der Waals surface area contributed by atoms with Crippen LogP contribution in [0.25, 0.3) is 5.69 Å². The minimum atomic E-state index is -3.32. The molecular formula is C18H24N4O3S. The number of carbonyl (C=O) groups is 1. The molecule has 0 aliphatic carbocycles. The monoisotopic (exact) mass is 376 g/mol. The minimum absolute atomic E-state index is 0.0781. The van der Waals surface area contributed by atoms with Gasteiger partial charge in [0.05, 0.1) is 12.6 Å². The first-order valence-corrected chi connectivity index (χ1v) is 10.5. The van der Waals surface area contributed by atoms with Crippen LogP contribution in [0.3, 0.4) is 0 Å². The maximum atomic E-state index is 12.9. The Morgan fingerprint density at radius 2 is 1.92 bits per heavy atom. The fraction of sp³-hybridized carbons (Fsp3) is 0.444. The normalized spacial score (nSPS) is 20.7. The Hall–Kier alpha value is -2.19. The molecule has 2 aromatic rings. The second-order valence-corrected chi connectivity index (χ2v) is 8.91. The van der Waals surface area contributed by atoms with Gasteiger partial charge in [0.2, 0.25) is 10.0 Å². The standard InChI is InChI=1S/C18H24N4O3S/c1-13(2)16-10-22(11-17(16)20-26(3,24)25)18(23)14-4-6-15(7-5-14)21-9-8-19-12-21/h4-9,12-13,16-17,20H,10-11H2,1-3H3/t16-,17+/m0/s1. The summed E-state index contributed by atoms with van der Waals surface area (Å²) in [5, 5.41) is 0. The first-order valence-electron chi connectivity index (χ1n) is 8.59. The second-order valence-electron chi connectivity index (χ2n) is 7.13. The van der Waals surface area contributed by atoms with Crippen molar-refractivity contribution >= 4 is 15.9 Å². The van der Waals surface area contributed by atoms with Crippen molar-refractivity contribution in [2.24, 2.45) is 11.8 Å². The highest BCUT2D eigenvalue weighted by atomic mass is 32.2. The van der Waals surface area contributed by atoms with Gasteiger partial charge in [-0.3, -0.25) is 4.79 Å². The van der Waals surface area contributed by atoms with Gasteiger partial charge in [-0.25, -0.2) is 18.1 Å². The van der Waals surface area contributed by atoms with Crippen molar-refractivity contribution in [1.29, 1.82) is 0 Å². The van der Waals surface area contributed by atoms with Crippen molar-refractivity contribution < 1.29 is 13.2 Å². The first kappa shape index (κ1) is 18.6. The Bertz CT molecular complexity index is 860. The summed E-state index contributed by atoms with van der Waals surface area (Å²) in [6.45, 7) is 5.04. The molecule has 0 bridgehead atoms. The Kier molecular flexibility index (Phi) is 5.15. The zero-order chi connectivity index (χ0) is 18.9. The van der Waals surface area contributed by atoms with Gasteiger partial charge in [0, 0.05) is 42.8 Å². The third kappa shape index (κ3) is 4.13. The van der Waals surface area contributed by atoms with Gasteiger partial charge in [0.25, 0.3) is 5.91 Å². The number of benzene rings is 1. The highest BCUT2D eigenvalue weighted by molar-refractivity contribution is 7.88. The molecule has 1 aromatic heterocycles. The Balaban J connectivity index is 1.75. The molecule has 26 heavy (non-hydrogen) atoms. The zero-order valence-electron chi connectivity index (χ0n) is 15.2. The smallest absolute Gasteiger partial charge is 0.253 e. The summed E-state index contributed by atoms with van der Waals surface area (Å²) in [6, 6.07) is 7.08. The van der Waals surface area contributed by atoms with E-state index in [9.17, 15) is 13.2 Å². The van der Waals surface area contributed by atoms with Gasteiger partial charge in [-0.05, 0) is 36.1 Å². The molecule has 8 heteroatoms. The van der Waals surface area contributed by atoms with Crippen LogP contribution in [0.1, 0.15) is 24.2 Å². The van der Waals surface area contributed by atoms with E-state index in [1.807, 2.05) is 22.9 Å². The molecule has 1 saturated heterocycles. The number of aromatic nitrogens is 2. The average Bonchev–Trinajstić information content (AvgIpc) is 3.22. The van der Waals surface area contributed by atoms with E-state index in [1.54, 1.807) is 29.6 Å². The Morgan fingerprint density at radius 1 is 1.23 bits per heavy atom. The molecule has 1 amide bonds. The van der Waals surface area contributed by atoms with E-state index in [0.29, 0.717) is 18.7 Å². The van der Waals surface area contributed by atoms with Crippen LogP contribution in [0.2, 0.25) is 0 Å². The molecule has 0 radical (unpaired) electrons. The van der Waals surface area contributed by atoms with Crippen molar-refractivity contribution in [3.05, 3.63) is 48.5 Å². The van der Waals surface area contributed by atoms with Crippen LogP contribution < -0.4 is 4.72 Å². The molecule has 140 valence electrons. The number of hydrogen-bond donors (Lipinski definition) is 1. The number of amides is 1. The predicted octanol–water partition coefficient (Wildman–Crippen LogP) is 1.52. The number of hydrogen-bond acceptors (Lipinski definition) is 4. The second kappa shape index (κ2) is 7.20. The van der Waals surface area contributed by atoms with Gasteiger partial charge in [-0.15, -0.1) is 0 Å². The summed E-state index contributed by atoms with van der Waals surface area (Å²) in [4.78, 5) is 18.6. The minimum Gasteiger partial charge on any atom is -0.337 e.